The van der Waals surface area contributed by atoms with Crippen LogP contribution >= 0.6 is 0 Å². The fraction of sp³-hybridized carbons (Fsp3) is 0.429. The Morgan fingerprint density at radius 3 is 2.90 bits per heavy atom. The van der Waals surface area contributed by atoms with Gasteiger partial charge in [0.25, 0.3) is 0 Å². The minimum Gasteiger partial charge on any atom is -0.492 e. The van der Waals surface area contributed by atoms with Gasteiger partial charge in [0, 0.05) is 6.42 Å². The van der Waals surface area contributed by atoms with E-state index in [1.54, 1.807) is 7.11 Å². The van der Waals surface area contributed by atoms with Crippen LogP contribution in [0.3, 0.4) is 0 Å². The summed E-state index contributed by atoms with van der Waals surface area (Å²) in [4.78, 5) is 8.56. The maximum atomic E-state index is 6.00. The van der Waals surface area contributed by atoms with Crippen LogP contribution < -0.4 is 15.2 Å². The molecule has 1 atom stereocenters. The molecule has 6 nitrogen and oxygen atoms in total. The molecule has 106 valence electrons. The van der Waals surface area contributed by atoms with Crippen molar-refractivity contribution >= 4 is 16.7 Å². The highest BCUT2D eigenvalue weighted by atomic mass is 16.6. The first kappa shape index (κ1) is 12.9. The van der Waals surface area contributed by atoms with Crippen LogP contribution in [0.15, 0.2) is 12.1 Å². The molecule has 0 aliphatic carbocycles. The molecule has 1 fully saturated rings. The maximum Gasteiger partial charge on any atom is 0.173 e. The summed E-state index contributed by atoms with van der Waals surface area (Å²) in [5.41, 5.74) is 6.75. The number of rotatable bonds is 3. The second-order valence-electron chi connectivity index (χ2n) is 4.75. The number of aryl methyl sites for hydroxylation is 1. The molecule has 0 radical (unpaired) electrons. The van der Waals surface area contributed by atoms with Gasteiger partial charge in [-0.25, -0.2) is 9.97 Å². The fourth-order valence-electron chi connectivity index (χ4n) is 2.40. The molecule has 1 aromatic carbocycles. The Morgan fingerprint density at radius 2 is 2.20 bits per heavy atom. The van der Waals surface area contributed by atoms with Gasteiger partial charge in [-0.1, -0.05) is 0 Å². The molecule has 20 heavy (non-hydrogen) atoms. The molecule has 1 aliphatic heterocycles. The van der Waals surface area contributed by atoms with Crippen molar-refractivity contribution in [3.05, 3.63) is 18.0 Å². The van der Waals surface area contributed by atoms with Crippen LogP contribution in [0.2, 0.25) is 0 Å². The Hall–Kier alpha value is -2.08. The normalized spacial score (nSPS) is 18.4. The zero-order chi connectivity index (χ0) is 14.1. The zero-order valence-electron chi connectivity index (χ0n) is 11.5. The largest absolute Gasteiger partial charge is 0.492 e. The number of benzene rings is 1. The van der Waals surface area contributed by atoms with Crippen molar-refractivity contribution in [2.24, 2.45) is 0 Å². The lowest BCUT2D eigenvalue weighted by molar-refractivity contribution is 0.139. The SMILES string of the molecule is COc1c(O[C@H]2CCOC2)ccc2nc(C)nc(N)c12. The van der Waals surface area contributed by atoms with Crippen LogP contribution in [0.4, 0.5) is 5.82 Å². The lowest BCUT2D eigenvalue weighted by Crippen LogP contribution is -2.16. The second kappa shape index (κ2) is 5.13. The lowest BCUT2D eigenvalue weighted by atomic mass is 10.2. The van der Waals surface area contributed by atoms with E-state index in [9.17, 15) is 0 Å². The predicted molar refractivity (Wildman–Crippen MR) is 75.1 cm³/mol. The lowest BCUT2D eigenvalue weighted by Gasteiger charge is -2.17. The Balaban J connectivity index is 2.08. The van der Waals surface area contributed by atoms with Crippen molar-refractivity contribution in [1.29, 1.82) is 0 Å². The van der Waals surface area contributed by atoms with Gasteiger partial charge in [0.15, 0.2) is 11.5 Å². The van der Waals surface area contributed by atoms with E-state index in [4.69, 9.17) is 19.9 Å². The summed E-state index contributed by atoms with van der Waals surface area (Å²) in [6, 6.07) is 3.72. The molecule has 3 rings (SSSR count). The van der Waals surface area contributed by atoms with Crippen molar-refractivity contribution in [2.45, 2.75) is 19.4 Å². The second-order valence-corrected chi connectivity index (χ2v) is 4.75. The molecule has 0 unspecified atom stereocenters. The summed E-state index contributed by atoms with van der Waals surface area (Å²) in [5, 5.41) is 0.689. The average Bonchev–Trinajstić information content (AvgIpc) is 2.91. The zero-order valence-corrected chi connectivity index (χ0v) is 11.5. The molecule has 0 saturated carbocycles. The van der Waals surface area contributed by atoms with Crippen LogP contribution in [0.1, 0.15) is 12.2 Å². The number of aromatic nitrogens is 2. The van der Waals surface area contributed by atoms with Gasteiger partial charge in [-0.3, -0.25) is 0 Å². The molecule has 1 aromatic heterocycles. The van der Waals surface area contributed by atoms with Crippen LogP contribution in [0.25, 0.3) is 10.9 Å². The van der Waals surface area contributed by atoms with Crippen LogP contribution in [0, 0.1) is 6.92 Å². The Labute approximate surface area is 116 Å². The van der Waals surface area contributed by atoms with Gasteiger partial charge in [0.05, 0.1) is 31.2 Å². The number of nitrogen functional groups attached to an aromatic ring is 1. The average molecular weight is 275 g/mol. The fourth-order valence-corrected chi connectivity index (χ4v) is 2.40. The smallest absolute Gasteiger partial charge is 0.173 e. The Morgan fingerprint density at radius 1 is 1.35 bits per heavy atom. The molecule has 0 bridgehead atoms. The van der Waals surface area contributed by atoms with E-state index < -0.39 is 0 Å². The molecule has 0 spiro atoms. The highest BCUT2D eigenvalue weighted by molar-refractivity contribution is 5.95. The minimum atomic E-state index is 0.0499. The maximum absolute atomic E-state index is 6.00. The Kier molecular flexibility index (Phi) is 3.31. The number of nitrogens with zero attached hydrogens (tertiary/aromatic N) is 2. The van der Waals surface area contributed by atoms with Gasteiger partial charge in [-0.2, -0.15) is 0 Å². The number of hydrogen-bond donors (Lipinski definition) is 1. The topological polar surface area (TPSA) is 79.5 Å². The first-order chi connectivity index (χ1) is 9.69. The van der Waals surface area contributed by atoms with E-state index >= 15 is 0 Å². The van der Waals surface area contributed by atoms with Crippen LogP contribution in [-0.2, 0) is 4.74 Å². The summed E-state index contributed by atoms with van der Waals surface area (Å²) >= 11 is 0. The van der Waals surface area contributed by atoms with E-state index in [-0.39, 0.29) is 6.10 Å². The van der Waals surface area contributed by atoms with Crippen molar-refractivity contribution in [1.82, 2.24) is 9.97 Å². The molecule has 1 aliphatic rings. The highest BCUT2D eigenvalue weighted by Gasteiger charge is 2.21. The molecule has 6 heteroatoms. The number of nitrogens with two attached hydrogens (primary N) is 1. The van der Waals surface area contributed by atoms with Gasteiger partial charge in [0.1, 0.15) is 17.7 Å². The Bertz CT molecular complexity index is 639. The summed E-state index contributed by atoms with van der Waals surface area (Å²) in [7, 11) is 1.59. The summed E-state index contributed by atoms with van der Waals surface area (Å²) < 4.78 is 16.7. The number of hydrogen-bond acceptors (Lipinski definition) is 6. The van der Waals surface area contributed by atoms with Crippen molar-refractivity contribution in [3.8, 4) is 11.5 Å². The first-order valence-electron chi connectivity index (χ1n) is 6.54. The van der Waals surface area contributed by atoms with Gasteiger partial charge in [0.2, 0.25) is 0 Å². The minimum absolute atomic E-state index is 0.0499. The number of anilines is 1. The molecular weight excluding hydrogens is 258 g/mol. The van der Waals surface area contributed by atoms with E-state index in [0.717, 1.165) is 18.5 Å². The molecule has 0 amide bonds. The summed E-state index contributed by atoms with van der Waals surface area (Å²) in [6.07, 6.45) is 0.926. The van der Waals surface area contributed by atoms with E-state index in [2.05, 4.69) is 9.97 Å². The third-order valence-electron chi connectivity index (χ3n) is 3.31. The molecule has 1 saturated heterocycles. The van der Waals surface area contributed by atoms with Gasteiger partial charge >= 0.3 is 0 Å². The van der Waals surface area contributed by atoms with Gasteiger partial charge in [-0.05, 0) is 19.1 Å². The highest BCUT2D eigenvalue weighted by Crippen LogP contribution is 2.38. The van der Waals surface area contributed by atoms with Crippen molar-refractivity contribution in [2.75, 3.05) is 26.1 Å². The third-order valence-corrected chi connectivity index (χ3v) is 3.31. The number of fused-ring (bicyclic) bond motifs is 1. The van der Waals surface area contributed by atoms with Crippen molar-refractivity contribution in [3.63, 3.8) is 0 Å². The monoisotopic (exact) mass is 275 g/mol. The third kappa shape index (κ3) is 2.22. The first-order valence-corrected chi connectivity index (χ1v) is 6.54. The molecule has 2 aromatic rings. The number of ether oxygens (including phenoxy) is 3. The standard InChI is InChI=1S/C14H17N3O3/c1-8-16-10-3-4-11(20-9-5-6-19-7-9)13(18-2)12(10)14(15)17-8/h3-4,9H,5-7H2,1-2H3,(H2,15,16,17)/t9-/m0/s1. The number of methoxy groups -OCH3 is 1. The van der Waals surface area contributed by atoms with E-state index in [1.165, 1.54) is 0 Å². The van der Waals surface area contributed by atoms with Gasteiger partial charge in [-0.15, -0.1) is 0 Å². The summed E-state index contributed by atoms with van der Waals surface area (Å²) in [5.74, 6) is 2.26. The van der Waals surface area contributed by atoms with Crippen LogP contribution in [-0.4, -0.2) is 36.4 Å². The van der Waals surface area contributed by atoms with Crippen molar-refractivity contribution < 1.29 is 14.2 Å². The van der Waals surface area contributed by atoms with Crippen LogP contribution in [0.5, 0.6) is 11.5 Å². The quantitative estimate of drug-likeness (QED) is 0.918. The van der Waals surface area contributed by atoms with E-state index in [0.29, 0.717) is 35.1 Å². The molecular formula is C14H17N3O3. The molecule has 2 N–H and O–H groups in total. The predicted octanol–water partition coefficient (Wildman–Crippen LogP) is 1.70. The molecule has 2 heterocycles. The summed E-state index contributed by atoms with van der Waals surface area (Å²) in [6.45, 7) is 3.13. The van der Waals surface area contributed by atoms with Gasteiger partial charge < -0.3 is 19.9 Å². The van der Waals surface area contributed by atoms with E-state index in [1.807, 2.05) is 19.1 Å².